The molecule has 5 rings (SSSR count). The number of carbonyl (C=O) groups is 2. The largest absolute Gasteiger partial charge is 0.459 e. The monoisotopic (exact) mass is 773 g/mol. The number of amides is 1. The summed E-state index contributed by atoms with van der Waals surface area (Å²) in [7, 11) is 3.77. The molecule has 1 amide bonds. The summed E-state index contributed by atoms with van der Waals surface area (Å²) < 4.78 is 32.5. The summed E-state index contributed by atoms with van der Waals surface area (Å²) in [5.41, 5.74) is -1.49. The zero-order valence-corrected chi connectivity index (χ0v) is 34.1. The first kappa shape index (κ1) is 43.3. The number of oxime groups is 1. The van der Waals surface area contributed by atoms with Crippen molar-refractivity contribution >= 4 is 23.3 Å². The van der Waals surface area contributed by atoms with Gasteiger partial charge in [-0.3, -0.25) is 9.59 Å². The average Bonchev–Trinajstić information content (AvgIpc) is 3.17. The number of nitrogens with zero attached hydrogens (tertiary/aromatic N) is 3. The fourth-order valence-corrected chi connectivity index (χ4v) is 8.91. The summed E-state index contributed by atoms with van der Waals surface area (Å²) in [5.74, 6) is -4.29. The molecule has 15 atom stereocenters. The number of benzene rings is 1. The van der Waals surface area contributed by atoms with Gasteiger partial charge in [0.1, 0.15) is 23.5 Å². The topological polar surface area (TPSA) is 178 Å². The second kappa shape index (κ2) is 17.8. The van der Waals surface area contributed by atoms with Gasteiger partial charge in [0.05, 0.1) is 49.1 Å². The lowest BCUT2D eigenvalue weighted by molar-refractivity contribution is -0.302. The van der Waals surface area contributed by atoms with E-state index < -0.39 is 89.7 Å². The molecule has 0 radical (unpaired) electrons. The Morgan fingerprint density at radius 1 is 0.982 bits per heavy atom. The Bertz CT molecular complexity index is 1540. The lowest BCUT2D eigenvalue weighted by atomic mass is 9.73. The highest BCUT2D eigenvalue weighted by Gasteiger charge is 2.53. The summed E-state index contributed by atoms with van der Waals surface area (Å²) in [6, 6.07) is 9.18. The SMILES string of the molecule is CC[C@H]1OC(=O)[C@H](C)[C@@H](O)[C@H](C)[C@@H](O[C@@H]2O[C@H](C)C[C@H](N(C)C)[C@H]2O)[C@@]2(C)C[C@@H](C)C3=NC(=O)[C@@H](Cc4ccccc4)O/N=C(\CO[C@@H]([C@@H]3C)[C@]1(C)O)CO2. The van der Waals surface area contributed by atoms with Crippen LogP contribution in [0.25, 0.3) is 0 Å². The first-order chi connectivity index (χ1) is 25.9. The standard InChI is InChI=1S/C41H63N3O11/c1-11-31-41(8,49)36-24(4)32-22(2)19-40(7,51-21-28(20-50-36)43-55-30(37(47)42-32)18-27-15-13-12-14-16-27)35(25(5)33(45)26(6)38(48)53-31)54-39-34(46)29(44(9)10)17-23(3)52-39/h12-16,22-26,29-31,33-36,39,45-46,49H,11,17-21H2,1-10H3/b42-32?,43-28+/t22-,23-,24-,25+,26-,29+,30-,31-,33+,34-,35-,36+,39+,40-,41-/m1/s1. The van der Waals surface area contributed by atoms with Crippen LogP contribution >= 0.6 is 0 Å². The number of carbonyl (C=O) groups excluding carboxylic acids is 2. The molecule has 3 N–H and O–H groups in total. The molecular weight excluding hydrogens is 710 g/mol. The Labute approximate surface area is 325 Å². The van der Waals surface area contributed by atoms with E-state index in [1.165, 1.54) is 0 Å². The number of likely N-dealkylation sites (N-methyl/N-ethyl adjacent to an activating group) is 1. The van der Waals surface area contributed by atoms with E-state index in [9.17, 15) is 24.9 Å². The molecule has 1 aromatic rings. The molecule has 1 aromatic carbocycles. The minimum atomic E-state index is -1.78. The Hall–Kier alpha value is -2.82. The van der Waals surface area contributed by atoms with Crippen LogP contribution in [0.2, 0.25) is 0 Å². The lowest BCUT2D eigenvalue weighted by Gasteiger charge is -2.48. The summed E-state index contributed by atoms with van der Waals surface area (Å²) in [5, 5.41) is 40.4. The van der Waals surface area contributed by atoms with Crippen LogP contribution in [0.15, 0.2) is 40.5 Å². The summed E-state index contributed by atoms with van der Waals surface area (Å²) >= 11 is 0. The minimum Gasteiger partial charge on any atom is -0.459 e. The van der Waals surface area contributed by atoms with Crippen LogP contribution < -0.4 is 0 Å². The fourth-order valence-electron chi connectivity index (χ4n) is 8.91. The van der Waals surface area contributed by atoms with Crippen LogP contribution in [-0.4, -0.2) is 137 Å². The van der Waals surface area contributed by atoms with E-state index >= 15 is 0 Å². The van der Waals surface area contributed by atoms with E-state index in [1.54, 1.807) is 27.7 Å². The van der Waals surface area contributed by atoms with Gasteiger partial charge in [-0.05, 0) is 72.5 Å². The molecular formula is C41H63N3O11. The molecule has 0 spiro atoms. The highest BCUT2D eigenvalue weighted by molar-refractivity contribution is 6.00. The molecule has 14 heteroatoms. The van der Waals surface area contributed by atoms with Crippen molar-refractivity contribution in [3.63, 3.8) is 0 Å². The molecule has 0 unspecified atom stereocenters. The third-order valence-corrected chi connectivity index (χ3v) is 12.1. The Balaban J connectivity index is 1.70. The lowest BCUT2D eigenvalue weighted by Crippen LogP contribution is -2.60. The molecule has 55 heavy (non-hydrogen) atoms. The first-order valence-corrected chi connectivity index (χ1v) is 19.8. The number of fused-ring (bicyclic) bond motifs is 4. The fraction of sp³-hybridized carbons (Fsp3) is 0.756. The Kier molecular flexibility index (Phi) is 14.0. The first-order valence-electron chi connectivity index (χ1n) is 19.8. The molecule has 0 saturated carbocycles. The number of aliphatic hydroxyl groups excluding tert-OH is 2. The molecule has 0 aromatic heterocycles. The maximum atomic E-state index is 14.2. The smallest absolute Gasteiger partial charge is 0.311 e. The van der Waals surface area contributed by atoms with Gasteiger partial charge in [0.2, 0.25) is 6.10 Å². The molecule has 3 saturated heterocycles. The van der Waals surface area contributed by atoms with Crippen molar-refractivity contribution in [1.82, 2.24) is 4.90 Å². The summed E-state index contributed by atoms with van der Waals surface area (Å²) in [6.45, 7) is 13.9. The van der Waals surface area contributed by atoms with E-state index in [2.05, 4.69) is 5.16 Å². The molecule has 4 aliphatic rings. The highest BCUT2D eigenvalue weighted by atomic mass is 16.7. The quantitative estimate of drug-likeness (QED) is 0.360. The van der Waals surface area contributed by atoms with E-state index in [0.29, 0.717) is 17.8 Å². The van der Waals surface area contributed by atoms with Crippen LogP contribution in [0.3, 0.4) is 0 Å². The van der Waals surface area contributed by atoms with Crippen molar-refractivity contribution < 1.29 is 53.4 Å². The van der Waals surface area contributed by atoms with Crippen molar-refractivity contribution in [2.24, 2.45) is 33.8 Å². The predicted octanol–water partition coefficient (Wildman–Crippen LogP) is 3.32. The molecule has 308 valence electrons. The Morgan fingerprint density at radius 2 is 1.67 bits per heavy atom. The highest BCUT2D eigenvalue weighted by Crippen LogP contribution is 2.41. The number of hydrogen-bond acceptors (Lipinski definition) is 13. The van der Waals surface area contributed by atoms with E-state index in [0.717, 1.165) is 5.56 Å². The van der Waals surface area contributed by atoms with Gasteiger partial charge < -0.3 is 48.7 Å². The van der Waals surface area contributed by atoms with Gasteiger partial charge in [0.15, 0.2) is 6.29 Å². The van der Waals surface area contributed by atoms with E-state index in [4.69, 9.17) is 33.5 Å². The van der Waals surface area contributed by atoms with Gasteiger partial charge in [-0.2, -0.15) is 0 Å². The second-order valence-corrected chi connectivity index (χ2v) is 16.9. The van der Waals surface area contributed by atoms with Gasteiger partial charge >= 0.3 is 5.97 Å². The zero-order chi connectivity index (χ0) is 40.4. The predicted molar refractivity (Wildman–Crippen MR) is 204 cm³/mol. The van der Waals surface area contributed by atoms with Crippen LogP contribution in [0.1, 0.15) is 80.2 Å². The molecule has 4 bridgehead atoms. The summed E-state index contributed by atoms with van der Waals surface area (Å²) in [6.07, 6.45) is -6.67. The number of ether oxygens (including phenoxy) is 5. The normalized spacial score (nSPS) is 43.3. The minimum absolute atomic E-state index is 0.138. The molecule has 14 nitrogen and oxygen atoms in total. The number of esters is 1. The van der Waals surface area contributed by atoms with Gasteiger partial charge in [0, 0.05) is 30.0 Å². The average molecular weight is 774 g/mol. The number of aliphatic imine (C=N–C) groups is 1. The number of hydrogen-bond donors (Lipinski definition) is 3. The van der Waals surface area contributed by atoms with Crippen molar-refractivity contribution in [3.05, 3.63) is 35.9 Å². The maximum absolute atomic E-state index is 14.2. The van der Waals surface area contributed by atoms with Crippen molar-refractivity contribution in [1.29, 1.82) is 0 Å². The molecule has 3 fully saturated rings. The zero-order valence-electron chi connectivity index (χ0n) is 34.1. The number of rotatable bonds is 6. The number of aliphatic hydroxyl groups is 3. The van der Waals surface area contributed by atoms with Crippen LogP contribution in [0.4, 0.5) is 0 Å². The Morgan fingerprint density at radius 3 is 2.33 bits per heavy atom. The summed E-state index contributed by atoms with van der Waals surface area (Å²) in [4.78, 5) is 40.8. The molecule has 4 aliphatic heterocycles. The van der Waals surface area contributed by atoms with E-state index in [-0.39, 0.29) is 44.6 Å². The van der Waals surface area contributed by atoms with Gasteiger partial charge in [-0.1, -0.05) is 63.2 Å². The van der Waals surface area contributed by atoms with Crippen LogP contribution in [0, 0.1) is 23.7 Å². The van der Waals surface area contributed by atoms with Crippen molar-refractivity contribution in [2.75, 3.05) is 27.3 Å². The second-order valence-electron chi connectivity index (χ2n) is 16.9. The van der Waals surface area contributed by atoms with Gasteiger partial charge in [-0.15, -0.1) is 0 Å². The molecule has 4 heterocycles. The molecule has 0 aliphatic carbocycles. The van der Waals surface area contributed by atoms with E-state index in [1.807, 2.05) is 77.0 Å². The van der Waals surface area contributed by atoms with Crippen molar-refractivity contribution in [2.45, 2.75) is 147 Å². The van der Waals surface area contributed by atoms with Gasteiger partial charge in [0.25, 0.3) is 5.91 Å². The number of cyclic esters (lactones) is 1. The van der Waals surface area contributed by atoms with Gasteiger partial charge in [-0.25, -0.2) is 4.99 Å². The third kappa shape index (κ3) is 9.50. The maximum Gasteiger partial charge on any atom is 0.311 e. The van der Waals surface area contributed by atoms with Crippen molar-refractivity contribution in [3.8, 4) is 0 Å². The third-order valence-electron chi connectivity index (χ3n) is 12.1. The van der Waals surface area contributed by atoms with Crippen LogP contribution in [-0.2, 0) is 44.5 Å². The van der Waals surface area contributed by atoms with Crippen LogP contribution in [0.5, 0.6) is 0 Å².